The summed E-state index contributed by atoms with van der Waals surface area (Å²) in [6.07, 6.45) is 5.82. The van der Waals surface area contributed by atoms with Gasteiger partial charge in [0, 0.05) is 54.2 Å². The number of Topliss-reactive ketones (excluding diaryl/α,β-unsaturated/α-hetero) is 3. The monoisotopic (exact) mass is 913 g/mol. The van der Waals surface area contributed by atoms with Crippen LogP contribution in [0.3, 0.4) is 0 Å². The van der Waals surface area contributed by atoms with E-state index in [4.69, 9.17) is 43.7 Å². The van der Waals surface area contributed by atoms with Crippen molar-refractivity contribution in [1.29, 1.82) is 0 Å². The highest BCUT2D eigenvalue weighted by Crippen LogP contribution is 2.38. The third-order valence-corrected chi connectivity index (χ3v) is 12.0. The number of carbonyl (C=O) groups is 7. The SMILES string of the molecule is CCOC(=O)/C(Cl)=C/c1cc(N2C(=O)C3=C(CCCC3)C2=O)ccc1Cl.CP(=O)(O)CCC(N)C(=O)O.CS(=O)(=O)c1ccc(C(=O)C2C(=O)CCCC2=O)c([N+](=O)[O-])c1. The molecule has 1 aliphatic heterocycles. The predicted molar refractivity (Wildman–Crippen MR) is 219 cm³/mol. The number of halogens is 2. The number of benzene rings is 2. The van der Waals surface area contributed by atoms with Gasteiger partial charge in [0.15, 0.2) is 34.6 Å². The number of esters is 1. The normalized spacial score (nSPS) is 17.4. The summed E-state index contributed by atoms with van der Waals surface area (Å²) < 4.78 is 38.4. The number of amides is 2. The molecule has 3 aliphatic rings. The lowest BCUT2D eigenvalue weighted by atomic mass is 9.81. The second kappa shape index (κ2) is 21.1. The molecule has 2 amide bonds. The number of carboxylic acids is 1. The molecular weight excluding hydrogens is 872 g/mol. The van der Waals surface area contributed by atoms with E-state index in [2.05, 4.69) is 0 Å². The maximum absolute atomic E-state index is 12.7. The van der Waals surface area contributed by atoms with Crippen LogP contribution in [0.25, 0.3) is 6.08 Å². The number of ether oxygens (including phenoxy) is 1. The third kappa shape index (κ3) is 13.0. The van der Waals surface area contributed by atoms with Crippen molar-refractivity contribution in [2.75, 3.05) is 30.6 Å². The van der Waals surface area contributed by atoms with Gasteiger partial charge < -0.3 is 20.5 Å². The minimum Gasteiger partial charge on any atom is -0.480 e. The summed E-state index contributed by atoms with van der Waals surface area (Å²) in [5, 5.41) is 19.6. The fourth-order valence-electron chi connectivity index (χ4n) is 6.11. The molecule has 2 aliphatic carbocycles. The smallest absolute Gasteiger partial charge is 0.349 e. The molecule has 2 aromatic carbocycles. The van der Waals surface area contributed by atoms with Gasteiger partial charge in [0.1, 0.15) is 17.0 Å². The van der Waals surface area contributed by atoms with Crippen molar-refractivity contribution >= 4 is 99.0 Å². The van der Waals surface area contributed by atoms with Gasteiger partial charge in [0.05, 0.1) is 27.7 Å². The zero-order valence-electron chi connectivity index (χ0n) is 32.6. The summed E-state index contributed by atoms with van der Waals surface area (Å²) in [6.45, 7) is 3.06. The van der Waals surface area contributed by atoms with E-state index in [1.807, 2.05) is 0 Å². The summed E-state index contributed by atoms with van der Waals surface area (Å²) in [5.74, 6) is -5.98. The summed E-state index contributed by atoms with van der Waals surface area (Å²) in [7, 11) is -6.80. The Kier molecular flexibility index (Phi) is 17.4. The lowest BCUT2D eigenvalue weighted by Crippen LogP contribution is -2.35. The molecule has 1 saturated carbocycles. The van der Waals surface area contributed by atoms with Crippen LogP contribution in [0.4, 0.5) is 11.4 Å². The van der Waals surface area contributed by atoms with Crippen LogP contribution in [0.1, 0.15) is 74.2 Å². The summed E-state index contributed by atoms with van der Waals surface area (Å²) in [5.41, 5.74) is 5.97. The summed E-state index contributed by atoms with van der Waals surface area (Å²) >= 11 is 12.1. The number of aliphatic carboxylic acids is 1. The molecule has 2 unspecified atom stereocenters. The first-order valence-corrected chi connectivity index (χ1v) is 23.1. The second-order valence-corrected chi connectivity index (χ2v) is 19.2. The minimum atomic E-state index is -3.70. The number of hydrogen-bond acceptors (Lipinski definition) is 14. The van der Waals surface area contributed by atoms with Crippen LogP contribution in [0.15, 0.2) is 57.5 Å². The van der Waals surface area contributed by atoms with Crippen molar-refractivity contribution in [3.05, 3.63) is 78.8 Å². The van der Waals surface area contributed by atoms with Crippen molar-refractivity contribution in [3.8, 4) is 0 Å². The lowest BCUT2D eigenvalue weighted by Gasteiger charge is -2.18. The molecule has 2 atom stereocenters. The molecule has 1 heterocycles. The van der Waals surface area contributed by atoms with Crippen molar-refractivity contribution in [1.82, 2.24) is 0 Å². The van der Waals surface area contributed by atoms with E-state index in [1.54, 1.807) is 25.1 Å². The average molecular weight is 915 g/mol. The predicted octanol–water partition coefficient (Wildman–Crippen LogP) is 5.03. The molecular formula is C38H42Cl2N3O15PS. The number of carboxylic acid groups (broad SMARTS) is 1. The van der Waals surface area contributed by atoms with Gasteiger partial charge in [-0.2, -0.15) is 0 Å². The molecule has 2 aromatic rings. The Morgan fingerprint density at radius 3 is 2.07 bits per heavy atom. The molecule has 18 nitrogen and oxygen atoms in total. The van der Waals surface area contributed by atoms with Gasteiger partial charge in [0.2, 0.25) is 0 Å². The maximum atomic E-state index is 12.7. The lowest BCUT2D eigenvalue weighted by molar-refractivity contribution is -0.385. The largest absolute Gasteiger partial charge is 0.480 e. The number of ketones is 3. The van der Waals surface area contributed by atoms with E-state index < -0.39 is 74.6 Å². The van der Waals surface area contributed by atoms with E-state index >= 15 is 0 Å². The Hall–Kier alpha value is -4.91. The summed E-state index contributed by atoms with van der Waals surface area (Å²) in [4.78, 5) is 103. The topological polar surface area (TPSA) is 293 Å². The Balaban J connectivity index is 0.000000260. The molecule has 0 bridgehead atoms. The molecule has 5 rings (SSSR count). The van der Waals surface area contributed by atoms with E-state index in [0.29, 0.717) is 46.7 Å². The van der Waals surface area contributed by atoms with E-state index in [0.717, 1.165) is 37.3 Å². The Bertz CT molecular complexity index is 2300. The van der Waals surface area contributed by atoms with Crippen molar-refractivity contribution in [2.24, 2.45) is 11.7 Å². The molecule has 0 saturated heterocycles. The maximum Gasteiger partial charge on any atom is 0.349 e. The van der Waals surface area contributed by atoms with Crippen LogP contribution in [-0.4, -0.2) is 96.2 Å². The molecule has 22 heteroatoms. The number of carbonyl (C=O) groups excluding carboxylic acids is 6. The number of sulfone groups is 1. The van der Waals surface area contributed by atoms with E-state index in [9.17, 15) is 56.7 Å². The molecule has 4 N–H and O–H groups in total. The van der Waals surface area contributed by atoms with Gasteiger partial charge in [-0.05, 0) is 87.4 Å². The number of nitro groups is 1. The van der Waals surface area contributed by atoms with Crippen LogP contribution in [0.5, 0.6) is 0 Å². The fourth-order valence-corrected chi connectivity index (χ4v) is 7.85. The van der Waals surface area contributed by atoms with Gasteiger partial charge >= 0.3 is 11.9 Å². The highest BCUT2D eigenvalue weighted by Gasteiger charge is 2.41. The van der Waals surface area contributed by atoms with Crippen molar-refractivity contribution in [3.63, 3.8) is 0 Å². The Morgan fingerprint density at radius 2 is 1.58 bits per heavy atom. The van der Waals surface area contributed by atoms with Gasteiger partial charge in [-0.25, -0.2) is 18.1 Å². The quantitative estimate of drug-likeness (QED) is 0.0367. The molecule has 324 valence electrons. The summed E-state index contributed by atoms with van der Waals surface area (Å²) in [6, 6.07) is 6.50. The minimum absolute atomic E-state index is 0.0412. The van der Waals surface area contributed by atoms with Crippen molar-refractivity contribution < 1.29 is 66.2 Å². The molecule has 60 heavy (non-hydrogen) atoms. The number of rotatable bonds is 12. The standard InChI is InChI=1S/C19H17Cl2NO4.C14H13NO7S.C5H12NO4P/c1-2-26-19(25)16(21)10-11-9-12(7-8-15(11)20)22-17(23)13-5-3-4-6-14(13)18(22)24;1-23(21,22)8-5-6-9(10(7-8)15(19)20)14(18)13-11(16)3-2-4-12(13)17;1-11(9,10)3-2-4(6)5(7)8/h7-10H,2-6H2,1H3;5-7,13H,2-4H2,1H3;4H,2-3,6H2,1H3,(H,7,8)(H,9,10)/b16-10-;;. The highest BCUT2D eigenvalue weighted by atomic mass is 35.5. The van der Waals surface area contributed by atoms with Crippen LogP contribution in [-0.2, 0) is 47.9 Å². The molecule has 0 spiro atoms. The van der Waals surface area contributed by atoms with Gasteiger partial charge in [-0.1, -0.05) is 23.2 Å². The number of imide groups is 1. The number of nitro benzene ring substituents is 1. The molecule has 0 aromatic heterocycles. The Morgan fingerprint density at radius 1 is 1.02 bits per heavy atom. The zero-order chi connectivity index (χ0) is 45.3. The number of anilines is 1. The van der Waals surface area contributed by atoms with Gasteiger partial charge in [0.25, 0.3) is 17.5 Å². The zero-order valence-corrected chi connectivity index (χ0v) is 35.8. The van der Waals surface area contributed by atoms with Crippen LogP contribution >= 0.6 is 30.6 Å². The van der Waals surface area contributed by atoms with Gasteiger partial charge in [-0.15, -0.1) is 0 Å². The second-order valence-electron chi connectivity index (χ2n) is 13.8. The number of hydrogen-bond donors (Lipinski definition) is 3. The molecule has 1 fully saturated rings. The van der Waals surface area contributed by atoms with Crippen LogP contribution in [0, 0.1) is 16.0 Å². The van der Waals surface area contributed by atoms with E-state index in [-0.39, 0.29) is 53.8 Å². The number of nitrogens with zero attached hydrogens (tertiary/aromatic N) is 2. The van der Waals surface area contributed by atoms with E-state index in [1.165, 1.54) is 17.6 Å². The number of nitrogens with two attached hydrogens (primary N) is 1. The van der Waals surface area contributed by atoms with Crippen molar-refractivity contribution in [2.45, 2.75) is 69.2 Å². The Labute approximate surface area is 354 Å². The first kappa shape index (κ1) is 49.5. The third-order valence-electron chi connectivity index (χ3n) is 9.16. The first-order chi connectivity index (χ1) is 27.9. The van der Waals surface area contributed by atoms with Crippen LogP contribution in [0.2, 0.25) is 5.02 Å². The average Bonchev–Trinajstić information content (AvgIpc) is 3.42. The highest BCUT2D eigenvalue weighted by molar-refractivity contribution is 7.90. The van der Waals surface area contributed by atoms with Crippen LogP contribution < -0.4 is 10.6 Å². The molecule has 0 radical (unpaired) electrons. The van der Waals surface area contributed by atoms with Gasteiger partial charge in [-0.3, -0.25) is 43.4 Å². The first-order valence-electron chi connectivity index (χ1n) is 18.2. The fraction of sp³-hybridized carbons (Fsp3) is 0.395.